The van der Waals surface area contributed by atoms with Gasteiger partial charge in [0, 0.05) is 32.6 Å². The van der Waals surface area contributed by atoms with Crippen LogP contribution in [0.5, 0.6) is 11.5 Å². The zero-order chi connectivity index (χ0) is 30.7. The number of carbonyl (C=O) groups excluding carboxylic acids is 2. The van der Waals surface area contributed by atoms with E-state index >= 15 is 0 Å². The first-order chi connectivity index (χ1) is 20.8. The van der Waals surface area contributed by atoms with Gasteiger partial charge in [-0.3, -0.25) is 9.59 Å². The van der Waals surface area contributed by atoms with Crippen LogP contribution in [0.25, 0.3) is 0 Å². The van der Waals surface area contributed by atoms with E-state index in [2.05, 4.69) is 5.32 Å². The molecule has 43 heavy (non-hydrogen) atoms. The molecule has 2 N–H and O–H groups in total. The van der Waals surface area contributed by atoms with E-state index in [4.69, 9.17) is 14.2 Å². The Bertz CT molecular complexity index is 1430. The third kappa shape index (κ3) is 8.77. The second-order valence-electron chi connectivity index (χ2n) is 9.87. The van der Waals surface area contributed by atoms with Gasteiger partial charge in [0.1, 0.15) is 17.5 Å². The Balaban J connectivity index is 1.54. The lowest BCUT2D eigenvalue weighted by molar-refractivity contribution is -0.142. The number of hydrogen-bond donors (Lipinski definition) is 2. The Labute approximate surface area is 252 Å². The molecule has 0 saturated carbocycles. The minimum Gasteiger partial charge on any atom is -0.497 e. The van der Waals surface area contributed by atoms with Crippen LogP contribution in [0.15, 0.2) is 83.8 Å². The molecule has 1 heterocycles. The van der Waals surface area contributed by atoms with E-state index in [1.54, 1.807) is 19.2 Å². The molecule has 1 atom stereocenters. The molecule has 1 aliphatic rings. The van der Waals surface area contributed by atoms with Crippen LogP contribution in [-0.4, -0.2) is 93.8 Å². The maximum absolute atomic E-state index is 13.7. The lowest BCUT2D eigenvalue weighted by Gasteiger charge is -2.31. The van der Waals surface area contributed by atoms with Crippen molar-refractivity contribution in [2.45, 2.75) is 23.9 Å². The molecule has 0 spiro atoms. The molecule has 0 bridgehead atoms. The van der Waals surface area contributed by atoms with Gasteiger partial charge in [0.15, 0.2) is 6.61 Å². The first kappa shape index (κ1) is 32.0. The number of rotatable bonds is 14. The fraction of sp³-hybridized carbons (Fsp3) is 0.355. The highest BCUT2D eigenvalue weighted by Gasteiger charge is 2.31. The van der Waals surface area contributed by atoms with E-state index in [9.17, 15) is 23.1 Å². The van der Waals surface area contributed by atoms with Crippen molar-refractivity contribution in [3.05, 3.63) is 90.0 Å². The molecule has 4 rings (SSSR count). The average Bonchev–Trinajstić information content (AvgIpc) is 3.05. The van der Waals surface area contributed by atoms with Crippen LogP contribution in [0.3, 0.4) is 0 Å². The Morgan fingerprint density at radius 1 is 0.953 bits per heavy atom. The Kier molecular flexibility index (Phi) is 11.5. The Hall–Kier alpha value is -3.97. The van der Waals surface area contributed by atoms with Gasteiger partial charge in [-0.2, -0.15) is 4.31 Å². The van der Waals surface area contributed by atoms with Crippen LogP contribution < -0.4 is 14.8 Å². The molecule has 1 saturated heterocycles. The summed E-state index contributed by atoms with van der Waals surface area (Å²) in [5, 5.41) is 12.0. The number of benzene rings is 3. The lowest BCUT2D eigenvalue weighted by Crippen LogP contribution is -2.52. The zero-order valence-electron chi connectivity index (χ0n) is 24.1. The number of morpholine rings is 1. The van der Waals surface area contributed by atoms with Crippen LogP contribution >= 0.6 is 0 Å². The second-order valence-corrected chi connectivity index (χ2v) is 11.8. The quantitative estimate of drug-likeness (QED) is 0.282. The van der Waals surface area contributed by atoms with Gasteiger partial charge in [0.25, 0.3) is 5.91 Å². The molecule has 3 aromatic rings. The van der Waals surface area contributed by atoms with Gasteiger partial charge in [0.05, 0.1) is 31.8 Å². The van der Waals surface area contributed by atoms with Crippen molar-refractivity contribution in [1.29, 1.82) is 0 Å². The van der Waals surface area contributed by atoms with Gasteiger partial charge in [0.2, 0.25) is 15.9 Å². The standard InChI is InChI=1S/C31H37N3O8S/c1-40-26-9-7-25(8-10-26)22-34(29(31(37)32-15-18-35)21-24-5-3-2-4-6-24)30(36)23-42-27-11-13-28(14-12-27)43(38,39)33-16-19-41-20-17-33/h2-14,29,35H,15-23H2,1H3,(H,32,37). The molecule has 1 aliphatic heterocycles. The molecule has 1 unspecified atom stereocenters. The molecule has 0 aromatic heterocycles. The molecule has 0 aliphatic carbocycles. The zero-order valence-corrected chi connectivity index (χ0v) is 24.9. The van der Waals surface area contributed by atoms with Gasteiger partial charge in [-0.05, 0) is 47.5 Å². The highest BCUT2D eigenvalue weighted by Crippen LogP contribution is 2.22. The predicted molar refractivity (Wildman–Crippen MR) is 159 cm³/mol. The number of nitrogens with zero attached hydrogens (tertiary/aromatic N) is 2. The summed E-state index contributed by atoms with van der Waals surface area (Å²) in [6, 6.07) is 21.5. The smallest absolute Gasteiger partial charge is 0.261 e. The number of carbonyl (C=O) groups is 2. The van der Waals surface area contributed by atoms with Crippen LogP contribution in [0.1, 0.15) is 11.1 Å². The number of aliphatic hydroxyl groups is 1. The molecular weight excluding hydrogens is 574 g/mol. The third-order valence-corrected chi connectivity index (χ3v) is 8.90. The predicted octanol–water partition coefficient (Wildman–Crippen LogP) is 1.84. The van der Waals surface area contributed by atoms with Crippen molar-refractivity contribution in [3.8, 4) is 11.5 Å². The number of ether oxygens (including phenoxy) is 3. The van der Waals surface area contributed by atoms with E-state index in [-0.39, 0.29) is 50.7 Å². The van der Waals surface area contributed by atoms with Crippen molar-refractivity contribution < 1.29 is 37.3 Å². The molecule has 1 fully saturated rings. The minimum atomic E-state index is -3.67. The van der Waals surface area contributed by atoms with Crippen molar-refractivity contribution in [3.63, 3.8) is 0 Å². The van der Waals surface area contributed by atoms with Crippen LogP contribution in [0.4, 0.5) is 0 Å². The molecule has 2 amide bonds. The maximum Gasteiger partial charge on any atom is 0.261 e. The van der Waals surface area contributed by atoms with Gasteiger partial charge < -0.3 is 29.5 Å². The summed E-state index contributed by atoms with van der Waals surface area (Å²) in [6.07, 6.45) is 0.244. The van der Waals surface area contributed by atoms with Crippen LogP contribution in [0, 0.1) is 0 Å². The van der Waals surface area contributed by atoms with Crippen molar-refractivity contribution in [2.24, 2.45) is 0 Å². The summed E-state index contributed by atoms with van der Waals surface area (Å²) in [5.74, 6) is 0.118. The number of methoxy groups -OCH3 is 1. The molecule has 12 heteroatoms. The summed E-state index contributed by atoms with van der Waals surface area (Å²) >= 11 is 0. The van der Waals surface area contributed by atoms with E-state index in [1.165, 1.54) is 33.5 Å². The van der Waals surface area contributed by atoms with E-state index in [0.717, 1.165) is 11.1 Å². The number of aliphatic hydroxyl groups excluding tert-OH is 1. The van der Waals surface area contributed by atoms with Crippen molar-refractivity contribution >= 4 is 21.8 Å². The highest BCUT2D eigenvalue weighted by molar-refractivity contribution is 7.89. The second kappa shape index (κ2) is 15.5. The van der Waals surface area contributed by atoms with Gasteiger partial charge in [-0.25, -0.2) is 8.42 Å². The van der Waals surface area contributed by atoms with Crippen molar-refractivity contribution in [2.75, 3.05) is 53.2 Å². The Morgan fingerprint density at radius 3 is 2.23 bits per heavy atom. The summed E-state index contributed by atoms with van der Waals surface area (Å²) in [7, 11) is -2.11. The topological polar surface area (TPSA) is 135 Å². The molecule has 3 aromatic carbocycles. The van der Waals surface area contributed by atoms with Gasteiger partial charge in [-0.1, -0.05) is 42.5 Å². The third-order valence-electron chi connectivity index (χ3n) is 6.99. The SMILES string of the molecule is COc1ccc(CN(C(=O)COc2ccc(S(=O)(=O)N3CCOCC3)cc2)C(Cc2ccccc2)C(=O)NCCO)cc1. The minimum absolute atomic E-state index is 0.0465. The normalized spacial score (nSPS) is 14.5. The van der Waals surface area contributed by atoms with Crippen molar-refractivity contribution in [1.82, 2.24) is 14.5 Å². The molecule has 0 radical (unpaired) electrons. The summed E-state index contributed by atoms with van der Waals surface area (Å²) in [5.41, 5.74) is 1.64. The number of amides is 2. The fourth-order valence-corrected chi connectivity index (χ4v) is 6.06. The monoisotopic (exact) mass is 611 g/mol. The summed E-state index contributed by atoms with van der Waals surface area (Å²) in [6.45, 7) is 0.806. The van der Waals surface area contributed by atoms with Gasteiger partial charge >= 0.3 is 0 Å². The maximum atomic E-state index is 13.7. The Morgan fingerprint density at radius 2 is 1.60 bits per heavy atom. The summed E-state index contributed by atoms with van der Waals surface area (Å²) in [4.78, 5) is 28.6. The summed E-state index contributed by atoms with van der Waals surface area (Å²) < 4.78 is 43.5. The largest absolute Gasteiger partial charge is 0.497 e. The number of nitrogens with one attached hydrogen (secondary N) is 1. The molecular formula is C31H37N3O8S. The van der Waals surface area contributed by atoms with E-state index in [0.29, 0.717) is 24.7 Å². The first-order valence-corrected chi connectivity index (χ1v) is 15.4. The first-order valence-electron chi connectivity index (χ1n) is 14.0. The number of sulfonamides is 1. The molecule has 11 nitrogen and oxygen atoms in total. The van der Waals surface area contributed by atoms with E-state index in [1.807, 2.05) is 42.5 Å². The average molecular weight is 612 g/mol. The van der Waals surface area contributed by atoms with Gasteiger partial charge in [-0.15, -0.1) is 0 Å². The van der Waals surface area contributed by atoms with Crippen LogP contribution in [-0.2, 0) is 37.3 Å². The van der Waals surface area contributed by atoms with Crippen LogP contribution in [0.2, 0.25) is 0 Å². The highest BCUT2D eigenvalue weighted by atomic mass is 32.2. The fourth-order valence-electron chi connectivity index (χ4n) is 4.65. The van der Waals surface area contributed by atoms with E-state index < -0.39 is 27.9 Å². The molecule has 230 valence electrons. The number of hydrogen-bond acceptors (Lipinski definition) is 8. The lowest BCUT2D eigenvalue weighted by atomic mass is 10.0.